The lowest BCUT2D eigenvalue weighted by molar-refractivity contribution is -0.118. The normalized spacial score (nSPS) is 11.4. The molecule has 0 saturated carbocycles. The van der Waals surface area contributed by atoms with E-state index in [1.807, 2.05) is 31.2 Å². The first-order valence-corrected chi connectivity index (χ1v) is 6.27. The highest BCUT2D eigenvalue weighted by Crippen LogP contribution is 2.18. The highest BCUT2D eigenvalue weighted by atomic mass is 16.5. The van der Waals surface area contributed by atoms with Crippen molar-refractivity contribution < 1.29 is 9.53 Å². The Morgan fingerprint density at radius 3 is 2.89 bits per heavy atom. The summed E-state index contributed by atoms with van der Waals surface area (Å²) >= 11 is 0. The van der Waals surface area contributed by atoms with Crippen molar-refractivity contribution in [3.05, 3.63) is 29.8 Å². The molecule has 19 heavy (non-hydrogen) atoms. The summed E-state index contributed by atoms with van der Waals surface area (Å²) in [6, 6.07) is 9.24. The van der Waals surface area contributed by atoms with E-state index >= 15 is 0 Å². The van der Waals surface area contributed by atoms with Gasteiger partial charge in [-0.15, -0.1) is 0 Å². The molecule has 1 amide bonds. The van der Waals surface area contributed by atoms with E-state index in [0.717, 1.165) is 11.3 Å². The standard InChI is InChI=1S/C14H19N3O2/c1-3-19-13-6-4-5-12(9-13)14(10-15)17-8-7-16-11(2)18/h4-6,9,14,17H,3,7-8H2,1-2H3,(H,16,18). The van der Waals surface area contributed by atoms with Crippen LogP contribution >= 0.6 is 0 Å². The first-order chi connectivity index (χ1) is 9.17. The number of amides is 1. The van der Waals surface area contributed by atoms with Crippen LogP contribution in [-0.4, -0.2) is 25.6 Å². The van der Waals surface area contributed by atoms with Crippen molar-refractivity contribution in [2.45, 2.75) is 19.9 Å². The van der Waals surface area contributed by atoms with Gasteiger partial charge in [0.1, 0.15) is 11.8 Å². The van der Waals surface area contributed by atoms with Crippen LogP contribution in [0.25, 0.3) is 0 Å². The van der Waals surface area contributed by atoms with Crippen LogP contribution in [0.3, 0.4) is 0 Å². The van der Waals surface area contributed by atoms with Crippen LogP contribution in [0.5, 0.6) is 5.75 Å². The van der Waals surface area contributed by atoms with Crippen LogP contribution in [0.2, 0.25) is 0 Å². The fourth-order valence-corrected chi connectivity index (χ4v) is 1.64. The van der Waals surface area contributed by atoms with Crippen molar-refractivity contribution in [1.82, 2.24) is 10.6 Å². The van der Waals surface area contributed by atoms with Crippen molar-refractivity contribution in [3.8, 4) is 11.8 Å². The molecule has 0 radical (unpaired) electrons. The van der Waals surface area contributed by atoms with Crippen LogP contribution < -0.4 is 15.4 Å². The number of nitrogens with one attached hydrogen (secondary N) is 2. The molecule has 0 saturated heterocycles. The van der Waals surface area contributed by atoms with E-state index in [-0.39, 0.29) is 5.91 Å². The lowest BCUT2D eigenvalue weighted by atomic mass is 10.1. The summed E-state index contributed by atoms with van der Waals surface area (Å²) in [7, 11) is 0. The van der Waals surface area contributed by atoms with Gasteiger partial charge in [0.05, 0.1) is 12.7 Å². The van der Waals surface area contributed by atoms with Gasteiger partial charge in [0.25, 0.3) is 0 Å². The maximum absolute atomic E-state index is 10.7. The molecular weight excluding hydrogens is 242 g/mol. The molecule has 102 valence electrons. The third kappa shape index (κ3) is 5.40. The molecule has 0 fully saturated rings. The summed E-state index contributed by atoms with van der Waals surface area (Å²) in [6.45, 7) is 5.01. The van der Waals surface area contributed by atoms with E-state index in [4.69, 9.17) is 10.00 Å². The minimum Gasteiger partial charge on any atom is -0.494 e. The number of carbonyl (C=O) groups is 1. The molecule has 0 aromatic heterocycles. The zero-order valence-corrected chi connectivity index (χ0v) is 11.3. The molecule has 0 aliphatic carbocycles. The fraction of sp³-hybridized carbons (Fsp3) is 0.429. The predicted octanol–water partition coefficient (Wildman–Crippen LogP) is 1.38. The molecule has 1 atom stereocenters. The fourth-order valence-electron chi connectivity index (χ4n) is 1.64. The highest BCUT2D eigenvalue weighted by Gasteiger charge is 2.10. The van der Waals surface area contributed by atoms with Crippen LogP contribution in [0.1, 0.15) is 25.5 Å². The second-order valence-corrected chi connectivity index (χ2v) is 4.00. The Hall–Kier alpha value is -2.06. The number of nitrogens with zero attached hydrogens (tertiary/aromatic N) is 1. The van der Waals surface area contributed by atoms with Gasteiger partial charge in [-0.25, -0.2) is 0 Å². The molecule has 0 aliphatic rings. The van der Waals surface area contributed by atoms with Gasteiger partial charge in [0.2, 0.25) is 5.91 Å². The van der Waals surface area contributed by atoms with Gasteiger partial charge in [-0.1, -0.05) is 12.1 Å². The van der Waals surface area contributed by atoms with E-state index in [0.29, 0.717) is 19.7 Å². The molecule has 0 heterocycles. The summed E-state index contributed by atoms with van der Waals surface area (Å²) < 4.78 is 5.40. The number of hydrogen-bond donors (Lipinski definition) is 2. The molecule has 1 aromatic carbocycles. The lowest BCUT2D eigenvalue weighted by Crippen LogP contribution is -2.32. The van der Waals surface area contributed by atoms with Crippen molar-refractivity contribution in [1.29, 1.82) is 5.26 Å². The van der Waals surface area contributed by atoms with Crippen LogP contribution in [0.4, 0.5) is 0 Å². The Morgan fingerprint density at radius 1 is 1.47 bits per heavy atom. The van der Waals surface area contributed by atoms with Gasteiger partial charge in [-0.2, -0.15) is 5.26 Å². The third-order valence-corrected chi connectivity index (χ3v) is 2.48. The largest absolute Gasteiger partial charge is 0.494 e. The summed E-state index contributed by atoms with van der Waals surface area (Å²) in [5.41, 5.74) is 0.858. The van der Waals surface area contributed by atoms with E-state index in [1.165, 1.54) is 6.92 Å². The Labute approximate surface area is 113 Å². The summed E-state index contributed by atoms with van der Waals surface area (Å²) in [5, 5.41) is 14.9. The zero-order valence-electron chi connectivity index (χ0n) is 11.3. The third-order valence-electron chi connectivity index (χ3n) is 2.48. The maximum Gasteiger partial charge on any atom is 0.216 e. The van der Waals surface area contributed by atoms with Crippen LogP contribution in [0, 0.1) is 11.3 Å². The summed E-state index contributed by atoms with van der Waals surface area (Å²) in [6.07, 6.45) is 0. The number of ether oxygens (including phenoxy) is 1. The Kier molecular flexibility index (Phi) is 6.41. The van der Waals surface area contributed by atoms with E-state index in [2.05, 4.69) is 16.7 Å². The van der Waals surface area contributed by atoms with Gasteiger partial charge in [-0.05, 0) is 24.6 Å². The number of benzene rings is 1. The molecular formula is C14H19N3O2. The van der Waals surface area contributed by atoms with Crippen molar-refractivity contribution in [3.63, 3.8) is 0 Å². The number of nitriles is 1. The average molecular weight is 261 g/mol. The van der Waals surface area contributed by atoms with Gasteiger partial charge >= 0.3 is 0 Å². The summed E-state index contributed by atoms with van der Waals surface area (Å²) in [5.74, 6) is 0.678. The monoisotopic (exact) mass is 261 g/mol. The Balaban J connectivity index is 2.56. The molecule has 0 bridgehead atoms. The zero-order chi connectivity index (χ0) is 14.1. The second-order valence-electron chi connectivity index (χ2n) is 4.00. The minimum atomic E-state index is -0.408. The summed E-state index contributed by atoms with van der Waals surface area (Å²) in [4.78, 5) is 10.7. The number of hydrogen-bond acceptors (Lipinski definition) is 4. The lowest BCUT2D eigenvalue weighted by Gasteiger charge is -2.13. The Bertz CT molecular complexity index is 454. The van der Waals surface area contributed by atoms with Crippen LogP contribution in [0.15, 0.2) is 24.3 Å². The molecule has 2 N–H and O–H groups in total. The number of carbonyl (C=O) groups excluding carboxylic acids is 1. The first kappa shape index (κ1) is 15.0. The molecule has 1 aromatic rings. The second kappa shape index (κ2) is 8.11. The van der Waals surface area contributed by atoms with Gasteiger partial charge < -0.3 is 10.1 Å². The molecule has 1 rings (SSSR count). The van der Waals surface area contributed by atoms with Gasteiger partial charge in [0.15, 0.2) is 0 Å². The maximum atomic E-state index is 10.7. The molecule has 0 spiro atoms. The van der Waals surface area contributed by atoms with Crippen molar-refractivity contribution >= 4 is 5.91 Å². The van der Waals surface area contributed by atoms with Crippen LogP contribution in [-0.2, 0) is 4.79 Å². The first-order valence-electron chi connectivity index (χ1n) is 6.27. The molecule has 1 unspecified atom stereocenters. The number of rotatable bonds is 7. The predicted molar refractivity (Wildman–Crippen MR) is 72.7 cm³/mol. The molecule has 5 nitrogen and oxygen atoms in total. The smallest absolute Gasteiger partial charge is 0.216 e. The van der Waals surface area contributed by atoms with Gasteiger partial charge in [0, 0.05) is 20.0 Å². The highest BCUT2D eigenvalue weighted by molar-refractivity contribution is 5.72. The topological polar surface area (TPSA) is 74.2 Å². The van der Waals surface area contributed by atoms with E-state index < -0.39 is 6.04 Å². The van der Waals surface area contributed by atoms with E-state index in [9.17, 15) is 4.79 Å². The van der Waals surface area contributed by atoms with Crippen molar-refractivity contribution in [2.24, 2.45) is 0 Å². The average Bonchev–Trinajstić information content (AvgIpc) is 2.39. The quantitative estimate of drug-likeness (QED) is 0.727. The van der Waals surface area contributed by atoms with E-state index in [1.54, 1.807) is 0 Å². The van der Waals surface area contributed by atoms with Gasteiger partial charge in [-0.3, -0.25) is 10.1 Å². The SMILES string of the molecule is CCOc1cccc(C(C#N)NCCNC(C)=O)c1. The molecule has 0 aliphatic heterocycles. The Morgan fingerprint density at radius 2 is 2.26 bits per heavy atom. The van der Waals surface area contributed by atoms with Crippen molar-refractivity contribution in [2.75, 3.05) is 19.7 Å². The molecule has 5 heteroatoms. The minimum absolute atomic E-state index is 0.0753.